The number of fused-ring (bicyclic) bond motifs is 1. The number of rotatable bonds is 3. The van der Waals surface area contributed by atoms with Crippen LogP contribution in [0.2, 0.25) is 0 Å². The quantitative estimate of drug-likeness (QED) is 0.606. The average Bonchev–Trinajstić information content (AvgIpc) is 2.90. The molecule has 0 aromatic heterocycles. The molecule has 2 saturated carbocycles. The Morgan fingerprint density at radius 3 is 2.62 bits per heavy atom. The van der Waals surface area contributed by atoms with Crippen LogP contribution >= 0.6 is 0 Å². The van der Waals surface area contributed by atoms with Crippen molar-refractivity contribution in [2.75, 3.05) is 0 Å². The molecule has 6 heteroatoms. The van der Waals surface area contributed by atoms with Gasteiger partial charge in [0.05, 0.1) is 6.04 Å². The van der Waals surface area contributed by atoms with E-state index in [-0.39, 0.29) is 12.3 Å². The van der Waals surface area contributed by atoms with Crippen molar-refractivity contribution >= 4 is 11.9 Å². The number of aliphatic carboxylic acids is 1. The fraction of sp³-hybridized carbons (Fsp3) is 0.700. The zero-order valence-electron chi connectivity index (χ0n) is 8.81. The van der Waals surface area contributed by atoms with Gasteiger partial charge in [0.2, 0.25) is 5.91 Å². The Morgan fingerprint density at radius 1 is 1.69 bits per heavy atom. The number of alkyl halides is 1. The Kier molecular flexibility index (Phi) is 2.41. The van der Waals surface area contributed by atoms with Gasteiger partial charge in [-0.05, 0) is 19.3 Å². The van der Waals surface area contributed by atoms with E-state index in [0.717, 1.165) is 0 Å². The number of hydrogen-bond donors (Lipinski definition) is 3. The molecule has 0 aromatic carbocycles. The highest BCUT2D eigenvalue weighted by Crippen LogP contribution is 2.57. The smallest absolute Gasteiger partial charge is 0.329 e. The SMILES string of the molecule is C[C@H](N)C(=O)N[C@@]1(C(=O)O)C[C@@H](F)[C@H]2[CH][C@H]21. The van der Waals surface area contributed by atoms with Crippen LogP contribution in [0.3, 0.4) is 0 Å². The standard InChI is InChI=1S/C10H14FN2O3/c1-4(12)8(14)13-10(9(15)16)3-7(11)5-2-6(5)10/h2,4-7H,3,12H2,1H3,(H,13,14)(H,15,16)/t4-,5-,6+,7+,10-/m0/s1. The summed E-state index contributed by atoms with van der Waals surface area (Å²) in [4.78, 5) is 22.7. The van der Waals surface area contributed by atoms with Gasteiger partial charge in [-0.3, -0.25) is 4.79 Å². The lowest BCUT2D eigenvalue weighted by atomic mass is 9.92. The van der Waals surface area contributed by atoms with E-state index < -0.39 is 35.5 Å². The van der Waals surface area contributed by atoms with Gasteiger partial charge >= 0.3 is 5.97 Å². The maximum Gasteiger partial charge on any atom is 0.329 e. The molecule has 2 aliphatic carbocycles. The molecule has 5 atom stereocenters. The molecule has 0 aliphatic heterocycles. The second-order valence-corrected chi connectivity index (χ2v) is 4.57. The molecule has 1 amide bonds. The minimum absolute atomic E-state index is 0.174. The zero-order chi connectivity index (χ0) is 12.1. The minimum Gasteiger partial charge on any atom is -0.479 e. The number of halogens is 1. The minimum atomic E-state index is -1.49. The van der Waals surface area contributed by atoms with Crippen LogP contribution in [0.15, 0.2) is 0 Å². The molecule has 0 unspecified atom stereocenters. The largest absolute Gasteiger partial charge is 0.479 e. The monoisotopic (exact) mass is 229 g/mol. The highest BCUT2D eigenvalue weighted by Gasteiger charge is 2.68. The number of carbonyl (C=O) groups excluding carboxylic acids is 1. The summed E-state index contributed by atoms with van der Waals surface area (Å²) in [6.45, 7) is 1.46. The lowest BCUT2D eigenvalue weighted by molar-refractivity contribution is -0.148. The Morgan fingerprint density at radius 2 is 2.31 bits per heavy atom. The summed E-state index contributed by atoms with van der Waals surface area (Å²) in [7, 11) is 0. The van der Waals surface area contributed by atoms with Crippen LogP contribution in [0.5, 0.6) is 0 Å². The number of hydrogen-bond acceptors (Lipinski definition) is 3. The fourth-order valence-corrected chi connectivity index (χ4v) is 2.34. The Hall–Kier alpha value is -1.17. The first-order valence-electron chi connectivity index (χ1n) is 5.18. The second-order valence-electron chi connectivity index (χ2n) is 4.57. The lowest BCUT2D eigenvalue weighted by Gasteiger charge is -2.28. The van der Waals surface area contributed by atoms with Crippen LogP contribution in [-0.2, 0) is 9.59 Å². The predicted octanol–water partition coefficient (Wildman–Crippen LogP) is -0.535. The van der Waals surface area contributed by atoms with Crippen LogP contribution in [0.25, 0.3) is 0 Å². The average molecular weight is 229 g/mol. The summed E-state index contributed by atoms with van der Waals surface area (Å²) in [5.41, 5.74) is 3.87. The molecule has 1 radical (unpaired) electrons. The Balaban J connectivity index is 2.18. The van der Waals surface area contributed by atoms with Crippen LogP contribution in [0.4, 0.5) is 4.39 Å². The van der Waals surface area contributed by atoms with Gasteiger partial charge in [-0.2, -0.15) is 0 Å². The number of nitrogens with one attached hydrogen (secondary N) is 1. The van der Waals surface area contributed by atoms with Crippen LogP contribution in [-0.4, -0.2) is 34.7 Å². The van der Waals surface area contributed by atoms with Gasteiger partial charge in [-0.15, -0.1) is 0 Å². The first-order chi connectivity index (χ1) is 7.38. The molecular formula is C10H14FN2O3. The van der Waals surface area contributed by atoms with E-state index in [1.165, 1.54) is 6.92 Å². The van der Waals surface area contributed by atoms with Crippen molar-refractivity contribution in [1.82, 2.24) is 5.32 Å². The number of carbonyl (C=O) groups is 2. The van der Waals surface area contributed by atoms with E-state index in [1.807, 2.05) is 0 Å². The van der Waals surface area contributed by atoms with Crippen LogP contribution in [0.1, 0.15) is 13.3 Å². The molecule has 0 bridgehead atoms. The summed E-state index contributed by atoms with van der Waals surface area (Å²) in [6.07, 6.45) is 0.269. The van der Waals surface area contributed by atoms with Crippen molar-refractivity contribution in [1.29, 1.82) is 0 Å². The molecule has 5 nitrogen and oxygen atoms in total. The van der Waals surface area contributed by atoms with Crippen LogP contribution < -0.4 is 11.1 Å². The van der Waals surface area contributed by atoms with Crippen molar-refractivity contribution in [2.24, 2.45) is 17.6 Å². The van der Waals surface area contributed by atoms with Crippen molar-refractivity contribution in [3.8, 4) is 0 Å². The second kappa shape index (κ2) is 3.41. The van der Waals surface area contributed by atoms with E-state index in [2.05, 4.69) is 5.32 Å². The molecule has 2 rings (SSSR count). The third kappa shape index (κ3) is 1.48. The van der Waals surface area contributed by atoms with Crippen molar-refractivity contribution in [3.05, 3.63) is 6.42 Å². The third-order valence-electron chi connectivity index (χ3n) is 3.35. The summed E-state index contributed by atoms with van der Waals surface area (Å²) in [5, 5.41) is 11.5. The summed E-state index contributed by atoms with van der Waals surface area (Å²) in [5.74, 6) is -2.48. The molecule has 0 saturated heterocycles. The van der Waals surface area contributed by atoms with Crippen molar-refractivity contribution in [3.63, 3.8) is 0 Å². The van der Waals surface area contributed by atoms with Gasteiger partial charge in [0, 0.05) is 12.3 Å². The first kappa shape index (κ1) is 11.3. The topological polar surface area (TPSA) is 92.4 Å². The van der Waals surface area contributed by atoms with Gasteiger partial charge in [0.1, 0.15) is 11.7 Å². The Bertz CT molecular complexity index is 347. The number of carboxylic acids is 1. The van der Waals surface area contributed by atoms with E-state index in [1.54, 1.807) is 6.42 Å². The zero-order valence-corrected chi connectivity index (χ0v) is 8.81. The van der Waals surface area contributed by atoms with Gasteiger partial charge in [-0.25, -0.2) is 9.18 Å². The predicted molar refractivity (Wildman–Crippen MR) is 53.0 cm³/mol. The van der Waals surface area contributed by atoms with E-state index >= 15 is 0 Å². The Labute approximate surface area is 92.2 Å². The van der Waals surface area contributed by atoms with E-state index in [0.29, 0.717) is 0 Å². The molecule has 2 fully saturated rings. The first-order valence-corrected chi connectivity index (χ1v) is 5.18. The van der Waals surface area contributed by atoms with E-state index in [9.17, 15) is 14.0 Å². The van der Waals surface area contributed by atoms with Gasteiger partial charge in [0.25, 0.3) is 0 Å². The van der Waals surface area contributed by atoms with Crippen molar-refractivity contribution in [2.45, 2.75) is 31.1 Å². The van der Waals surface area contributed by atoms with Gasteiger partial charge < -0.3 is 16.2 Å². The van der Waals surface area contributed by atoms with E-state index in [4.69, 9.17) is 10.8 Å². The normalized spacial score (nSPS) is 42.3. The lowest BCUT2D eigenvalue weighted by Crippen LogP contribution is -2.58. The fourth-order valence-electron chi connectivity index (χ4n) is 2.34. The maximum atomic E-state index is 13.4. The van der Waals surface area contributed by atoms with Crippen LogP contribution in [0, 0.1) is 18.3 Å². The molecule has 0 aromatic rings. The molecule has 2 aliphatic rings. The highest BCUT2D eigenvalue weighted by atomic mass is 19.1. The molecule has 0 heterocycles. The maximum absolute atomic E-state index is 13.4. The van der Waals surface area contributed by atoms with Gasteiger partial charge in [0.15, 0.2) is 0 Å². The molecular weight excluding hydrogens is 215 g/mol. The van der Waals surface area contributed by atoms with Gasteiger partial charge in [-0.1, -0.05) is 0 Å². The number of amides is 1. The highest BCUT2D eigenvalue weighted by molar-refractivity contribution is 5.91. The third-order valence-corrected chi connectivity index (χ3v) is 3.35. The van der Waals surface area contributed by atoms with Crippen molar-refractivity contribution < 1.29 is 19.1 Å². The molecule has 16 heavy (non-hydrogen) atoms. The molecule has 4 N–H and O–H groups in total. The summed E-state index contributed by atoms with van der Waals surface area (Å²) < 4.78 is 13.4. The molecule has 0 spiro atoms. The molecule has 89 valence electrons. The number of nitrogens with two attached hydrogens (primary N) is 1. The summed E-state index contributed by atoms with van der Waals surface area (Å²) >= 11 is 0. The number of carboxylic acid groups (broad SMARTS) is 1. The summed E-state index contributed by atoms with van der Waals surface area (Å²) in [6, 6.07) is -0.799.